The predicted molar refractivity (Wildman–Crippen MR) is 81.0 cm³/mol. The Bertz CT molecular complexity index is 564. The van der Waals surface area contributed by atoms with Crippen molar-refractivity contribution in [2.45, 2.75) is 20.4 Å². The van der Waals surface area contributed by atoms with Crippen molar-refractivity contribution in [1.82, 2.24) is 10.3 Å². The summed E-state index contributed by atoms with van der Waals surface area (Å²) in [4.78, 5) is 6.77. The van der Waals surface area contributed by atoms with Gasteiger partial charge in [0.25, 0.3) is 0 Å². The molecule has 2 rings (SSSR count). The van der Waals surface area contributed by atoms with Gasteiger partial charge in [0.15, 0.2) is 0 Å². The summed E-state index contributed by atoms with van der Waals surface area (Å²) in [5, 5.41) is 3.18. The van der Waals surface area contributed by atoms with E-state index >= 15 is 0 Å². The van der Waals surface area contributed by atoms with Crippen molar-refractivity contribution < 1.29 is 0 Å². The van der Waals surface area contributed by atoms with E-state index in [0.29, 0.717) is 0 Å². The zero-order valence-corrected chi connectivity index (χ0v) is 12.1. The molecule has 1 aromatic heterocycles. The highest BCUT2D eigenvalue weighted by molar-refractivity contribution is 5.63. The minimum atomic E-state index is 0.859. The van der Waals surface area contributed by atoms with E-state index in [0.717, 1.165) is 18.1 Å². The molecule has 0 aliphatic rings. The van der Waals surface area contributed by atoms with Gasteiger partial charge in [0.2, 0.25) is 0 Å². The van der Waals surface area contributed by atoms with Gasteiger partial charge in [-0.25, -0.2) is 4.98 Å². The topological polar surface area (TPSA) is 28.2 Å². The Kier molecular flexibility index (Phi) is 4.17. The number of hydrogen-bond donors (Lipinski definition) is 1. The van der Waals surface area contributed by atoms with Gasteiger partial charge in [-0.15, -0.1) is 0 Å². The number of nitrogens with zero attached hydrogens (tertiary/aromatic N) is 2. The van der Waals surface area contributed by atoms with Gasteiger partial charge in [0.1, 0.15) is 5.82 Å². The van der Waals surface area contributed by atoms with Gasteiger partial charge >= 0.3 is 0 Å². The third-order valence-electron chi connectivity index (χ3n) is 3.20. The molecule has 0 aliphatic carbocycles. The van der Waals surface area contributed by atoms with Crippen LogP contribution in [0.1, 0.15) is 16.8 Å². The van der Waals surface area contributed by atoms with Crippen LogP contribution in [0.15, 0.2) is 36.4 Å². The SMILES string of the molecule is CNCc1cc(C)nc(N(C)c2ccccc2C)c1. The largest absolute Gasteiger partial charge is 0.329 e. The summed E-state index contributed by atoms with van der Waals surface area (Å²) < 4.78 is 0. The molecule has 1 heterocycles. The van der Waals surface area contributed by atoms with Crippen LogP contribution in [0, 0.1) is 13.8 Å². The molecule has 1 N–H and O–H groups in total. The van der Waals surface area contributed by atoms with E-state index in [1.54, 1.807) is 0 Å². The fraction of sp³-hybridized carbons (Fsp3) is 0.312. The van der Waals surface area contributed by atoms with Crippen LogP contribution in [0.3, 0.4) is 0 Å². The summed E-state index contributed by atoms with van der Waals surface area (Å²) in [5.74, 6) is 0.986. The maximum atomic E-state index is 4.63. The normalized spacial score (nSPS) is 10.5. The van der Waals surface area contributed by atoms with Crippen molar-refractivity contribution in [1.29, 1.82) is 0 Å². The van der Waals surface area contributed by atoms with Gasteiger partial charge in [0, 0.05) is 25.0 Å². The van der Waals surface area contributed by atoms with Crippen LogP contribution in [0.5, 0.6) is 0 Å². The summed E-state index contributed by atoms with van der Waals surface area (Å²) in [6.07, 6.45) is 0. The van der Waals surface area contributed by atoms with Crippen molar-refractivity contribution in [2.75, 3.05) is 19.0 Å². The molecule has 0 saturated carbocycles. The lowest BCUT2D eigenvalue weighted by molar-refractivity contribution is 0.813. The molecule has 1 aromatic carbocycles. The fourth-order valence-electron chi connectivity index (χ4n) is 2.26. The maximum Gasteiger partial charge on any atom is 0.133 e. The molecule has 3 nitrogen and oxygen atoms in total. The molecule has 0 radical (unpaired) electrons. The number of aryl methyl sites for hydroxylation is 2. The summed E-state index contributed by atoms with van der Waals surface area (Å²) >= 11 is 0. The Morgan fingerprint density at radius 3 is 2.58 bits per heavy atom. The second-order valence-electron chi connectivity index (χ2n) is 4.85. The van der Waals surface area contributed by atoms with E-state index in [9.17, 15) is 0 Å². The minimum Gasteiger partial charge on any atom is -0.329 e. The van der Waals surface area contributed by atoms with Crippen LogP contribution < -0.4 is 10.2 Å². The molecule has 0 unspecified atom stereocenters. The smallest absolute Gasteiger partial charge is 0.133 e. The maximum absolute atomic E-state index is 4.63. The highest BCUT2D eigenvalue weighted by Gasteiger charge is 2.09. The minimum absolute atomic E-state index is 0.859. The second kappa shape index (κ2) is 5.85. The van der Waals surface area contributed by atoms with Crippen molar-refractivity contribution >= 4 is 11.5 Å². The lowest BCUT2D eigenvalue weighted by Gasteiger charge is -2.21. The van der Waals surface area contributed by atoms with Crippen LogP contribution in [0.25, 0.3) is 0 Å². The quantitative estimate of drug-likeness (QED) is 0.909. The second-order valence-corrected chi connectivity index (χ2v) is 4.85. The van der Waals surface area contributed by atoms with Crippen LogP contribution in [0.2, 0.25) is 0 Å². The molecule has 100 valence electrons. The Labute approximate surface area is 115 Å². The van der Waals surface area contributed by atoms with Crippen molar-refractivity contribution in [3.8, 4) is 0 Å². The van der Waals surface area contributed by atoms with E-state index in [4.69, 9.17) is 0 Å². The fourth-order valence-corrected chi connectivity index (χ4v) is 2.26. The van der Waals surface area contributed by atoms with Crippen LogP contribution >= 0.6 is 0 Å². The number of anilines is 2. The molecule has 0 spiro atoms. The number of pyridine rings is 1. The first-order chi connectivity index (χ1) is 9.11. The summed E-state index contributed by atoms with van der Waals surface area (Å²) in [6.45, 7) is 5.02. The van der Waals surface area contributed by atoms with E-state index in [1.165, 1.54) is 16.8 Å². The average molecular weight is 255 g/mol. The first kappa shape index (κ1) is 13.6. The number of benzene rings is 1. The first-order valence-electron chi connectivity index (χ1n) is 6.53. The summed E-state index contributed by atoms with van der Waals surface area (Å²) in [5.41, 5.74) is 4.74. The molecular weight excluding hydrogens is 234 g/mol. The average Bonchev–Trinajstić information content (AvgIpc) is 2.38. The van der Waals surface area contributed by atoms with E-state index in [1.807, 2.05) is 14.0 Å². The number of rotatable bonds is 4. The van der Waals surface area contributed by atoms with E-state index in [2.05, 4.69) is 65.6 Å². The number of hydrogen-bond acceptors (Lipinski definition) is 3. The van der Waals surface area contributed by atoms with Crippen molar-refractivity contribution in [3.05, 3.63) is 53.2 Å². The van der Waals surface area contributed by atoms with Gasteiger partial charge in [-0.1, -0.05) is 18.2 Å². The number of aromatic nitrogens is 1. The predicted octanol–water partition coefficient (Wildman–Crippen LogP) is 3.19. The molecule has 0 bridgehead atoms. The van der Waals surface area contributed by atoms with Gasteiger partial charge in [-0.3, -0.25) is 0 Å². The van der Waals surface area contributed by atoms with Gasteiger partial charge in [-0.05, 0) is 50.2 Å². The Morgan fingerprint density at radius 1 is 1.16 bits per heavy atom. The highest BCUT2D eigenvalue weighted by Crippen LogP contribution is 2.25. The van der Waals surface area contributed by atoms with Crippen molar-refractivity contribution in [2.24, 2.45) is 0 Å². The Morgan fingerprint density at radius 2 is 1.89 bits per heavy atom. The molecule has 3 heteroatoms. The Hall–Kier alpha value is -1.87. The highest BCUT2D eigenvalue weighted by atomic mass is 15.2. The van der Waals surface area contributed by atoms with Crippen LogP contribution in [-0.4, -0.2) is 19.1 Å². The zero-order valence-electron chi connectivity index (χ0n) is 12.1. The van der Waals surface area contributed by atoms with E-state index in [-0.39, 0.29) is 0 Å². The zero-order chi connectivity index (χ0) is 13.8. The standard InChI is InChI=1S/C16H21N3/c1-12-7-5-6-8-15(12)19(4)16-10-14(11-17-3)9-13(2)18-16/h5-10,17H,11H2,1-4H3. The van der Waals surface area contributed by atoms with Crippen molar-refractivity contribution in [3.63, 3.8) is 0 Å². The molecule has 0 saturated heterocycles. The molecule has 0 aliphatic heterocycles. The third-order valence-corrected chi connectivity index (χ3v) is 3.20. The van der Waals surface area contributed by atoms with Crippen LogP contribution in [0.4, 0.5) is 11.5 Å². The first-order valence-corrected chi connectivity index (χ1v) is 6.53. The molecular formula is C16H21N3. The lowest BCUT2D eigenvalue weighted by Crippen LogP contribution is -2.14. The summed E-state index contributed by atoms with van der Waals surface area (Å²) in [6, 6.07) is 12.6. The molecule has 19 heavy (non-hydrogen) atoms. The number of para-hydroxylation sites is 1. The number of nitrogens with one attached hydrogen (secondary N) is 1. The van der Waals surface area contributed by atoms with Gasteiger partial charge in [-0.2, -0.15) is 0 Å². The van der Waals surface area contributed by atoms with Gasteiger partial charge in [0.05, 0.1) is 0 Å². The Balaban J connectivity index is 2.38. The molecule has 2 aromatic rings. The molecule has 0 atom stereocenters. The monoisotopic (exact) mass is 255 g/mol. The lowest BCUT2D eigenvalue weighted by atomic mass is 10.1. The summed E-state index contributed by atoms with van der Waals surface area (Å²) in [7, 11) is 4.02. The third kappa shape index (κ3) is 3.12. The molecule has 0 amide bonds. The molecule has 0 fully saturated rings. The van der Waals surface area contributed by atoms with Crippen LogP contribution in [-0.2, 0) is 6.54 Å². The van der Waals surface area contributed by atoms with Gasteiger partial charge < -0.3 is 10.2 Å². The van der Waals surface area contributed by atoms with E-state index < -0.39 is 0 Å².